The lowest BCUT2D eigenvalue weighted by Gasteiger charge is -2.44. The first-order valence-electron chi connectivity index (χ1n) is 13.9. The number of anilines is 3. The van der Waals surface area contributed by atoms with E-state index in [0.29, 0.717) is 25.3 Å². The molecule has 2 atom stereocenters. The Bertz CT molecular complexity index is 1790. The molecule has 3 heterocycles. The van der Waals surface area contributed by atoms with Gasteiger partial charge in [0.1, 0.15) is 5.82 Å². The maximum atomic E-state index is 13.5. The summed E-state index contributed by atoms with van der Waals surface area (Å²) in [4.78, 5) is 53.5. The first kappa shape index (κ1) is 27.9. The van der Waals surface area contributed by atoms with Crippen LogP contribution in [0.4, 0.5) is 21.5 Å². The molecule has 4 aromatic rings. The summed E-state index contributed by atoms with van der Waals surface area (Å²) in [5.41, 5.74) is 3.14. The lowest BCUT2D eigenvalue weighted by atomic mass is 9.83. The van der Waals surface area contributed by atoms with Gasteiger partial charge in [-0.25, -0.2) is 9.18 Å². The number of piperidine rings is 1. The molecule has 9 nitrogen and oxygen atoms in total. The standard InChI is InChI=1S/C33H29FN4O5/c1-43-33(42)25-5-2-3-6-26(25)35-32(41)22-11-14-29(27(16-22)36-31(40)21-9-12-24(34)13-10-21)37-17-20-15-23(19-37)28-7-4-8-30(39)38(28)18-20/h2-14,16,20,23H,15,17-19H2,1H3,(H,35,41)(H,36,40)/t20-,23+/m1/s1. The highest BCUT2D eigenvalue weighted by Gasteiger charge is 2.35. The van der Waals surface area contributed by atoms with Crippen molar-refractivity contribution in [1.82, 2.24) is 4.57 Å². The van der Waals surface area contributed by atoms with Crippen LogP contribution >= 0.6 is 0 Å². The molecule has 1 saturated heterocycles. The van der Waals surface area contributed by atoms with E-state index in [4.69, 9.17) is 4.74 Å². The molecule has 6 rings (SSSR count). The van der Waals surface area contributed by atoms with Crippen LogP contribution in [0.2, 0.25) is 0 Å². The first-order valence-corrected chi connectivity index (χ1v) is 13.9. The molecule has 2 N–H and O–H groups in total. The zero-order chi connectivity index (χ0) is 30.1. The molecule has 43 heavy (non-hydrogen) atoms. The van der Waals surface area contributed by atoms with Gasteiger partial charge in [0, 0.05) is 48.4 Å². The van der Waals surface area contributed by atoms with Gasteiger partial charge in [-0.15, -0.1) is 0 Å². The van der Waals surface area contributed by atoms with Crippen LogP contribution in [0.1, 0.15) is 49.1 Å². The summed E-state index contributed by atoms with van der Waals surface area (Å²) in [6, 6.07) is 22.1. The normalized spacial score (nSPS) is 17.0. The lowest BCUT2D eigenvalue weighted by molar-refractivity contribution is 0.0601. The van der Waals surface area contributed by atoms with Crippen LogP contribution in [0.15, 0.2) is 89.7 Å². The zero-order valence-electron chi connectivity index (χ0n) is 23.4. The van der Waals surface area contributed by atoms with E-state index < -0.39 is 23.6 Å². The molecule has 0 spiro atoms. The minimum absolute atomic E-state index is 0.00274. The Morgan fingerprint density at radius 1 is 0.814 bits per heavy atom. The molecule has 1 aromatic heterocycles. The summed E-state index contributed by atoms with van der Waals surface area (Å²) in [6.45, 7) is 1.89. The molecular formula is C33H29FN4O5. The van der Waals surface area contributed by atoms with Gasteiger partial charge in [0.25, 0.3) is 17.4 Å². The monoisotopic (exact) mass is 580 g/mol. The van der Waals surface area contributed by atoms with E-state index in [2.05, 4.69) is 15.5 Å². The fourth-order valence-electron chi connectivity index (χ4n) is 6.02. The van der Waals surface area contributed by atoms with Gasteiger partial charge in [-0.3, -0.25) is 14.4 Å². The summed E-state index contributed by atoms with van der Waals surface area (Å²) in [7, 11) is 1.27. The summed E-state index contributed by atoms with van der Waals surface area (Å²) in [5, 5.41) is 5.69. The highest BCUT2D eigenvalue weighted by molar-refractivity contribution is 6.10. The minimum atomic E-state index is -0.585. The highest BCUT2D eigenvalue weighted by Crippen LogP contribution is 2.39. The number of pyridine rings is 1. The zero-order valence-corrected chi connectivity index (χ0v) is 23.4. The predicted molar refractivity (Wildman–Crippen MR) is 160 cm³/mol. The maximum absolute atomic E-state index is 13.5. The second-order valence-corrected chi connectivity index (χ2v) is 10.8. The summed E-state index contributed by atoms with van der Waals surface area (Å²) < 4.78 is 20.2. The number of methoxy groups -OCH3 is 1. The van der Waals surface area contributed by atoms with Gasteiger partial charge >= 0.3 is 5.97 Å². The van der Waals surface area contributed by atoms with Gasteiger partial charge in [0.05, 0.1) is 29.7 Å². The van der Waals surface area contributed by atoms with Crippen molar-refractivity contribution in [1.29, 1.82) is 0 Å². The number of ether oxygens (including phenoxy) is 1. The van der Waals surface area contributed by atoms with Crippen molar-refractivity contribution in [3.05, 3.63) is 123 Å². The van der Waals surface area contributed by atoms with Crippen LogP contribution < -0.4 is 21.1 Å². The summed E-state index contributed by atoms with van der Waals surface area (Å²) in [6.07, 6.45) is 0.956. The van der Waals surface area contributed by atoms with Gasteiger partial charge in [0.2, 0.25) is 0 Å². The molecule has 0 saturated carbocycles. The Morgan fingerprint density at radius 2 is 1.53 bits per heavy atom. The van der Waals surface area contributed by atoms with Gasteiger partial charge in [-0.05, 0) is 73.0 Å². The smallest absolute Gasteiger partial charge is 0.339 e. The molecular weight excluding hydrogens is 551 g/mol. The molecule has 2 amide bonds. The second kappa shape index (κ2) is 11.6. The number of carbonyl (C=O) groups excluding carboxylic acids is 3. The number of nitrogens with zero attached hydrogens (tertiary/aromatic N) is 2. The molecule has 2 aliphatic rings. The van der Waals surface area contributed by atoms with Gasteiger partial charge in [-0.2, -0.15) is 0 Å². The summed E-state index contributed by atoms with van der Waals surface area (Å²) in [5.74, 6) is -1.63. The third-order valence-corrected chi connectivity index (χ3v) is 8.01. The van der Waals surface area contributed by atoms with Crippen molar-refractivity contribution in [2.24, 2.45) is 5.92 Å². The second-order valence-electron chi connectivity index (χ2n) is 10.8. The van der Waals surface area contributed by atoms with Crippen molar-refractivity contribution < 1.29 is 23.5 Å². The fourth-order valence-corrected chi connectivity index (χ4v) is 6.02. The number of halogens is 1. The fraction of sp³-hybridized carbons (Fsp3) is 0.212. The molecule has 2 aliphatic heterocycles. The van der Waals surface area contributed by atoms with E-state index in [1.165, 1.54) is 31.4 Å². The minimum Gasteiger partial charge on any atom is -0.465 e. The largest absolute Gasteiger partial charge is 0.465 e. The number of para-hydroxylation sites is 1. The average Bonchev–Trinajstić information content (AvgIpc) is 3.01. The number of carbonyl (C=O) groups is 3. The quantitative estimate of drug-likeness (QED) is 0.314. The van der Waals surface area contributed by atoms with Crippen molar-refractivity contribution in [3.63, 3.8) is 0 Å². The van der Waals surface area contributed by atoms with Crippen LogP contribution in [0, 0.1) is 11.7 Å². The number of benzene rings is 3. The molecule has 2 bridgehead atoms. The lowest BCUT2D eigenvalue weighted by Crippen LogP contribution is -2.47. The first-order chi connectivity index (χ1) is 20.8. The van der Waals surface area contributed by atoms with Gasteiger partial charge in [0.15, 0.2) is 0 Å². The average molecular weight is 581 g/mol. The molecule has 10 heteroatoms. The Balaban J connectivity index is 1.33. The Morgan fingerprint density at radius 3 is 2.33 bits per heavy atom. The molecule has 218 valence electrons. The maximum Gasteiger partial charge on any atom is 0.339 e. The van der Waals surface area contributed by atoms with E-state index in [-0.39, 0.29) is 39.8 Å². The van der Waals surface area contributed by atoms with Crippen LogP contribution in [-0.2, 0) is 11.3 Å². The van der Waals surface area contributed by atoms with Crippen LogP contribution in [0.25, 0.3) is 0 Å². The SMILES string of the molecule is COC(=O)c1ccccc1NC(=O)c1ccc(N2C[C@H]3C[C@@H](C2)c2cccc(=O)n2C3)c(NC(=O)c2ccc(F)cc2)c1. The van der Waals surface area contributed by atoms with Gasteiger partial charge < -0.3 is 24.8 Å². The van der Waals surface area contributed by atoms with Gasteiger partial charge in [-0.1, -0.05) is 18.2 Å². The molecule has 1 fully saturated rings. The van der Waals surface area contributed by atoms with Crippen molar-refractivity contribution in [3.8, 4) is 0 Å². The van der Waals surface area contributed by atoms with Crippen molar-refractivity contribution in [2.75, 3.05) is 35.7 Å². The Hall–Kier alpha value is -5.25. The molecule has 0 unspecified atom stereocenters. The number of rotatable bonds is 6. The van der Waals surface area contributed by atoms with E-state index >= 15 is 0 Å². The third kappa shape index (κ3) is 5.63. The highest BCUT2D eigenvalue weighted by atomic mass is 19.1. The molecule has 0 aliphatic carbocycles. The Kier molecular flexibility index (Phi) is 7.50. The van der Waals surface area contributed by atoms with E-state index in [0.717, 1.165) is 17.8 Å². The molecule has 0 radical (unpaired) electrons. The molecule has 3 aromatic carbocycles. The number of hydrogen-bond donors (Lipinski definition) is 2. The number of fused-ring (bicyclic) bond motifs is 4. The van der Waals surface area contributed by atoms with E-state index in [1.54, 1.807) is 54.6 Å². The summed E-state index contributed by atoms with van der Waals surface area (Å²) >= 11 is 0. The van der Waals surface area contributed by atoms with E-state index in [9.17, 15) is 23.6 Å². The number of esters is 1. The number of aromatic nitrogens is 1. The number of amides is 2. The predicted octanol–water partition coefficient (Wildman–Crippen LogP) is 4.90. The van der Waals surface area contributed by atoms with Crippen LogP contribution in [0.5, 0.6) is 0 Å². The van der Waals surface area contributed by atoms with Crippen LogP contribution in [0.3, 0.4) is 0 Å². The van der Waals surface area contributed by atoms with Crippen LogP contribution in [-0.4, -0.2) is 42.6 Å². The number of nitrogens with one attached hydrogen (secondary N) is 2. The number of hydrogen-bond acceptors (Lipinski definition) is 6. The third-order valence-electron chi connectivity index (χ3n) is 8.01. The topological polar surface area (TPSA) is 110 Å². The Labute approximate surface area is 246 Å². The van der Waals surface area contributed by atoms with Crippen molar-refractivity contribution >= 4 is 34.8 Å². The van der Waals surface area contributed by atoms with E-state index in [1.807, 2.05) is 10.6 Å². The van der Waals surface area contributed by atoms with Crippen molar-refractivity contribution in [2.45, 2.75) is 18.9 Å².